The lowest BCUT2D eigenvalue weighted by Crippen LogP contribution is -2.48. The molecule has 0 spiro atoms. The Bertz CT molecular complexity index is 979. The summed E-state index contributed by atoms with van der Waals surface area (Å²) in [5.74, 6) is 0. The van der Waals surface area contributed by atoms with Crippen molar-refractivity contribution in [3.05, 3.63) is 102 Å². The van der Waals surface area contributed by atoms with E-state index in [0.717, 1.165) is 29.7 Å². The minimum absolute atomic E-state index is 0.182. The number of carbonyl (C=O) groups is 1. The van der Waals surface area contributed by atoms with Gasteiger partial charge in [-0.2, -0.15) is 0 Å². The van der Waals surface area contributed by atoms with Crippen molar-refractivity contribution in [3.8, 4) is 0 Å². The second kappa shape index (κ2) is 11.6. The van der Waals surface area contributed by atoms with Crippen molar-refractivity contribution in [1.29, 1.82) is 0 Å². The molecule has 2 aromatic carbocycles. The van der Waals surface area contributed by atoms with Crippen LogP contribution in [0.5, 0.6) is 0 Å². The SMILES string of the molecule is O=C(NC(CCCC1OCCO1)(Cc1ccccn1)c1ccccc1)OCc1ccccc1. The fourth-order valence-corrected chi connectivity index (χ4v) is 4.18. The quantitative estimate of drug-likeness (QED) is 0.475. The lowest BCUT2D eigenvalue weighted by Gasteiger charge is -2.35. The highest BCUT2D eigenvalue weighted by Gasteiger charge is 2.35. The topological polar surface area (TPSA) is 69.7 Å². The van der Waals surface area contributed by atoms with Crippen LogP contribution in [0, 0.1) is 0 Å². The van der Waals surface area contributed by atoms with E-state index in [4.69, 9.17) is 14.2 Å². The average Bonchev–Trinajstić information content (AvgIpc) is 3.38. The van der Waals surface area contributed by atoms with Crippen molar-refractivity contribution >= 4 is 6.09 Å². The number of pyridine rings is 1. The van der Waals surface area contributed by atoms with Crippen LogP contribution < -0.4 is 5.32 Å². The minimum atomic E-state index is -0.679. The van der Waals surface area contributed by atoms with Gasteiger partial charge in [-0.1, -0.05) is 66.7 Å². The van der Waals surface area contributed by atoms with Gasteiger partial charge in [0.25, 0.3) is 0 Å². The molecule has 1 unspecified atom stereocenters. The normalized spacial score (nSPS) is 15.6. The zero-order valence-corrected chi connectivity index (χ0v) is 18.7. The molecule has 4 rings (SSSR count). The van der Waals surface area contributed by atoms with Crippen LogP contribution in [-0.4, -0.2) is 30.6 Å². The van der Waals surface area contributed by atoms with Crippen LogP contribution >= 0.6 is 0 Å². The molecule has 172 valence electrons. The van der Waals surface area contributed by atoms with Gasteiger partial charge in [0.15, 0.2) is 6.29 Å². The van der Waals surface area contributed by atoms with Crippen molar-refractivity contribution in [2.45, 2.75) is 44.1 Å². The van der Waals surface area contributed by atoms with E-state index in [-0.39, 0.29) is 12.9 Å². The Hall–Kier alpha value is -3.22. The Labute approximate surface area is 194 Å². The van der Waals surface area contributed by atoms with E-state index in [0.29, 0.717) is 26.1 Å². The number of carbonyl (C=O) groups excluding carboxylic acids is 1. The maximum Gasteiger partial charge on any atom is 0.408 e. The largest absolute Gasteiger partial charge is 0.445 e. The lowest BCUT2D eigenvalue weighted by molar-refractivity contribution is -0.0490. The summed E-state index contributed by atoms with van der Waals surface area (Å²) in [7, 11) is 0. The van der Waals surface area contributed by atoms with Crippen LogP contribution in [0.3, 0.4) is 0 Å². The van der Waals surface area contributed by atoms with Crippen LogP contribution in [0.15, 0.2) is 85.1 Å². The Morgan fingerprint density at radius 1 is 0.970 bits per heavy atom. The summed E-state index contributed by atoms with van der Waals surface area (Å²) < 4.78 is 16.8. The van der Waals surface area contributed by atoms with E-state index in [1.54, 1.807) is 6.20 Å². The summed E-state index contributed by atoms with van der Waals surface area (Å²) in [6.45, 7) is 1.48. The van der Waals surface area contributed by atoms with Crippen LogP contribution in [0.25, 0.3) is 0 Å². The predicted molar refractivity (Wildman–Crippen MR) is 125 cm³/mol. The molecule has 1 aliphatic rings. The lowest BCUT2D eigenvalue weighted by atomic mass is 9.80. The Morgan fingerprint density at radius 3 is 2.36 bits per heavy atom. The van der Waals surface area contributed by atoms with Crippen molar-refractivity contribution < 1.29 is 19.0 Å². The van der Waals surface area contributed by atoms with Crippen LogP contribution in [0.4, 0.5) is 4.79 Å². The highest BCUT2D eigenvalue weighted by molar-refractivity contribution is 5.69. The molecule has 0 radical (unpaired) electrons. The molecule has 1 atom stereocenters. The molecule has 1 N–H and O–H groups in total. The molecule has 1 amide bonds. The van der Waals surface area contributed by atoms with E-state index < -0.39 is 11.6 Å². The smallest absolute Gasteiger partial charge is 0.408 e. The van der Waals surface area contributed by atoms with Crippen molar-refractivity contribution in [3.63, 3.8) is 0 Å². The van der Waals surface area contributed by atoms with Gasteiger partial charge in [-0.05, 0) is 42.5 Å². The number of rotatable bonds is 10. The number of nitrogens with zero attached hydrogens (tertiary/aromatic N) is 1. The van der Waals surface area contributed by atoms with E-state index in [1.165, 1.54) is 0 Å². The van der Waals surface area contributed by atoms with Gasteiger partial charge >= 0.3 is 6.09 Å². The van der Waals surface area contributed by atoms with Gasteiger partial charge in [-0.3, -0.25) is 4.98 Å². The Balaban J connectivity index is 1.55. The molecule has 1 aromatic heterocycles. The first-order valence-electron chi connectivity index (χ1n) is 11.4. The van der Waals surface area contributed by atoms with E-state index in [1.807, 2.05) is 78.9 Å². The molecule has 1 fully saturated rings. The van der Waals surface area contributed by atoms with Gasteiger partial charge in [0.05, 0.1) is 18.8 Å². The summed E-state index contributed by atoms with van der Waals surface area (Å²) >= 11 is 0. The number of nitrogens with one attached hydrogen (secondary N) is 1. The molecule has 2 heterocycles. The summed E-state index contributed by atoms with van der Waals surface area (Å²) in [6, 6.07) is 25.6. The number of aromatic nitrogens is 1. The molecule has 3 aromatic rings. The van der Waals surface area contributed by atoms with E-state index >= 15 is 0 Å². The molecular formula is C27H30N2O4. The van der Waals surface area contributed by atoms with Gasteiger partial charge in [0.1, 0.15) is 6.61 Å². The first-order valence-corrected chi connectivity index (χ1v) is 11.4. The zero-order chi connectivity index (χ0) is 22.8. The number of hydrogen-bond acceptors (Lipinski definition) is 5. The third-order valence-electron chi connectivity index (χ3n) is 5.82. The third-order valence-corrected chi connectivity index (χ3v) is 5.82. The third kappa shape index (κ3) is 6.63. The number of benzene rings is 2. The van der Waals surface area contributed by atoms with Crippen LogP contribution in [0.2, 0.25) is 0 Å². The molecule has 6 heteroatoms. The summed E-state index contributed by atoms with van der Waals surface area (Å²) in [6.07, 6.45) is 3.95. The average molecular weight is 447 g/mol. The standard InChI is InChI=1S/C27H30N2O4/c30-26(33-21-22-10-3-1-4-11-22)29-27(23-12-5-2-6-13-23,20-24-14-7-8-17-28-24)16-9-15-25-31-18-19-32-25/h1-8,10-14,17,25H,9,15-16,18-21H2,(H,29,30). The number of hydrogen-bond donors (Lipinski definition) is 1. The second-order valence-corrected chi connectivity index (χ2v) is 8.20. The number of amides is 1. The van der Waals surface area contributed by atoms with Crippen molar-refractivity contribution in [1.82, 2.24) is 10.3 Å². The fraction of sp³-hybridized carbons (Fsp3) is 0.333. The van der Waals surface area contributed by atoms with E-state index in [2.05, 4.69) is 10.3 Å². The fourth-order valence-electron chi connectivity index (χ4n) is 4.18. The van der Waals surface area contributed by atoms with E-state index in [9.17, 15) is 4.79 Å². The number of alkyl carbamates (subject to hydrolysis) is 1. The monoisotopic (exact) mass is 446 g/mol. The summed E-state index contributed by atoms with van der Waals surface area (Å²) in [4.78, 5) is 17.5. The highest BCUT2D eigenvalue weighted by Crippen LogP contribution is 2.32. The van der Waals surface area contributed by atoms with Crippen LogP contribution in [-0.2, 0) is 32.8 Å². The minimum Gasteiger partial charge on any atom is -0.445 e. The van der Waals surface area contributed by atoms with Gasteiger partial charge in [0.2, 0.25) is 0 Å². The molecule has 0 saturated carbocycles. The zero-order valence-electron chi connectivity index (χ0n) is 18.7. The summed E-state index contributed by atoms with van der Waals surface area (Å²) in [5, 5.41) is 3.21. The molecular weight excluding hydrogens is 416 g/mol. The Morgan fingerprint density at radius 2 is 1.67 bits per heavy atom. The number of ether oxygens (including phenoxy) is 3. The summed E-state index contributed by atoms with van der Waals surface area (Å²) in [5.41, 5.74) is 2.18. The van der Waals surface area contributed by atoms with Crippen molar-refractivity contribution in [2.24, 2.45) is 0 Å². The molecule has 1 saturated heterocycles. The van der Waals surface area contributed by atoms with Crippen LogP contribution in [0.1, 0.15) is 36.1 Å². The first kappa shape index (κ1) is 23.0. The molecule has 6 nitrogen and oxygen atoms in total. The first-order chi connectivity index (χ1) is 16.2. The maximum atomic E-state index is 13.0. The molecule has 0 aliphatic carbocycles. The molecule has 1 aliphatic heterocycles. The molecule has 33 heavy (non-hydrogen) atoms. The second-order valence-electron chi connectivity index (χ2n) is 8.20. The maximum absolute atomic E-state index is 13.0. The molecule has 0 bridgehead atoms. The predicted octanol–water partition coefficient (Wildman–Crippen LogP) is 4.99. The van der Waals surface area contributed by atoms with Gasteiger partial charge in [0, 0.05) is 18.3 Å². The Kier molecular flexibility index (Phi) is 8.06. The van der Waals surface area contributed by atoms with Gasteiger partial charge < -0.3 is 19.5 Å². The van der Waals surface area contributed by atoms with Gasteiger partial charge in [-0.15, -0.1) is 0 Å². The van der Waals surface area contributed by atoms with Gasteiger partial charge in [-0.25, -0.2) is 4.79 Å². The highest BCUT2D eigenvalue weighted by atomic mass is 16.7. The van der Waals surface area contributed by atoms with Crippen molar-refractivity contribution in [2.75, 3.05) is 13.2 Å².